The molecule has 2 N–H and O–H groups in total. The second-order valence-corrected chi connectivity index (χ2v) is 5.81. The zero-order valence-corrected chi connectivity index (χ0v) is 12.1. The van der Waals surface area contributed by atoms with Gasteiger partial charge in [-0.2, -0.15) is 0 Å². The Morgan fingerprint density at radius 3 is 2.72 bits per heavy atom. The molecule has 1 unspecified atom stereocenters. The highest BCUT2D eigenvalue weighted by molar-refractivity contribution is 8.00. The highest BCUT2D eigenvalue weighted by Gasteiger charge is 2.17. The molecule has 0 aliphatic heterocycles. The molecule has 0 aromatic carbocycles. The summed E-state index contributed by atoms with van der Waals surface area (Å²) in [7, 11) is 0. The lowest BCUT2D eigenvalue weighted by Gasteiger charge is -2.16. The summed E-state index contributed by atoms with van der Waals surface area (Å²) in [4.78, 5) is 16.7. The van der Waals surface area contributed by atoms with Crippen LogP contribution in [0.5, 0.6) is 0 Å². The van der Waals surface area contributed by atoms with Crippen molar-refractivity contribution in [3.63, 3.8) is 0 Å². The van der Waals surface area contributed by atoms with E-state index in [4.69, 9.17) is 10.5 Å². The van der Waals surface area contributed by atoms with Gasteiger partial charge < -0.3 is 10.5 Å². The Bertz CT molecular complexity index is 421. The number of thioether (sulfide) groups is 1. The fourth-order valence-corrected chi connectivity index (χ4v) is 2.31. The van der Waals surface area contributed by atoms with Gasteiger partial charge in [-0.15, -0.1) is 11.8 Å². The summed E-state index contributed by atoms with van der Waals surface area (Å²) < 4.78 is 5.03. The molecule has 4 nitrogen and oxygen atoms in total. The summed E-state index contributed by atoms with van der Waals surface area (Å²) in [5, 5.41) is 0.392. The first-order valence-electron chi connectivity index (χ1n) is 6.05. The second kappa shape index (κ2) is 6.64. The molecule has 0 bridgehead atoms. The summed E-state index contributed by atoms with van der Waals surface area (Å²) in [6, 6.07) is 1.58. The van der Waals surface area contributed by atoms with E-state index >= 15 is 0 Å². The summed E-state index contributed by atoms with van der Waals surface area (Å²) in [5.74, 6) is 0.507. The SMILES string of the molecule is CCOC(=O)c1cc(N)ncc1SC(C)C(C)C. The molecule has 0 amide bonds. The number of rotatable bonds is 5. The van der Waals surface area contributed by atoms with Crippen LogP contribution in [0.1, 0.15) is 38.1 Å². The van der Waals surface area contributed by atoms with Gasteiger partial charge in [0.15, 0.2) is 0 Å². The van der Waals surface area contributed by atoms with Crippen molar-refractivity contribution in [2.45, 2.75) is 37.8 Å². The summed E-state index contributed by atoms with van der Waals surface area (Å²) in [6.07, 6.45) is 1.64. The molecule has 1 aromatic heterocycles. The molecule has 1 atom stereocenters. The van der Waals surface area contributed by atoms with Crippen molar-refractivity contribution in [1.29, 1.82) is 0 Å². The first kappa shape index (κ1) is 14.8. The van der Waals surface area contributed by atoms with Crippen LogP contribution < -0.4 is 5.73 Å². The van der Waals surface area contributed by atoms with E-state index in [1.807, 2.05) is 0 Å². The van der Waals surface area contributed by atoms with E-state index in [2.05, 4.69) is 25.8 Å². The van der Waals surface area contributed by atoms with Crippen LogP contribution >= 0.6 is 11.8 Å². The van der Waals surface area contributed by atoms with Crippen molar-refractivity contribution in [2.24, 2.45) is 5.92 Å². The largest absolute Gasteiger partial charge is 0.462 e. The van der Waals surface area contributed by atoms with Crippen LogP contribution in [-0.2, 0) is 4.74 Å². The van der Waals surface area contributed by atoms with Crippen LogP contribution in [0.3, 0.4) is 0 Å². The molecule has 1 aromatic rings. The van der Waals surface area contributed by atoms with Gasteiger partial charge >= 0.3 is 5.97 Å². The fraction of sp³-hybridized carbons (Fsp3) is 0.538. The van der Waals surface area contributed by atoms with E-state index in [9.17, 15) is 4.79 Å². The normalized spacial score (nSPS) is 12.5. The van der Waals surface area contributed by atoms with Crippen molar-refractivity contribution in [2.75, 3.05) is 12.3 Å². The maximum atomic E-state index is 11.9. The van der Waals surface area contributed by atoms with Gasteiger partial charge in [-0.05, 0) is 18.9 Å². The smallest absolute Gasteiger partial charge is 0.339 e. The Morgan fingerprint density at radius 2 is 2.17 bits per heavy atom. The van der Waals surface area contributed by atoms with E-state index in [0.717, 1.165) is 4.90 Å². The number of anilines is 1. The topological polar surface area (TPSA) is 65.2 Å². The van der Waals surface area contributed by atoms with Gasteiger partial charge in [-0.25, -0.2) is 9.78 Å². The Hall–Kier alpha value is -1.23. The van der Waals surface area contributed by atoms with Crippen molar-refractivity contribution in [1.82, 2.24) is 4.98 Å². The highest BCUT2D eigenvalue weighted by atomic mass is 32.2. The van der Waals surface area contributed by atoms with Crippen molar-refractivity contribution in [3.8, 4) is 0 Å². The quantitative estimate of drug-likeness (QED) is 0.657. The minimum atomic E-state index is -0.343. The van der Waals surface area contributed by atoms with E-state index in [1.54, 1.807) is 30.9 Å². The Kier molecular flexibility index (Phi) is 5.47. The summed E-state index contributed by atoms with van der Waals surface area (Å²) >= 11 is 1.62. The van der Waals surface area contributed by atoms with Crippen LogP contribution in [0.15, 0.2) is 17.2 Å². The van der Waals surface area contributed by atoms with Gasteiger partial charge in [-0.3, -0.25) is 0 Å². The Balaban J connectivity index is 2.99. The van der Waals surface area contributed by atoms with Crippen molar-refractivity contribution >= 4 is 23.5 Å². The number of aromatic nitrogens is 1. The third-order valence-electron chi connectivity index (χ3n) is 2.64. The Labute approximate surface area is 112 Å². The lowest BCUT2D eigenvalue weighted by Crippen LogP contribution is -2.11. The molecule has 1 rings (SSSR count). The molecule has 5 heteroatoms. The van der Waals surface area contributed by atoms with Crippen LogP contribution in [0.2, 0.25) is 0 Å². The molecule has 0 aliphatic carbocycles. The highest BCUT2D eigenvalue weighted by Crippen LogP contribution is 2.31. The van der Waals surface area contributed by atoms with Gasteiger partial charge in [0.05, 0.1) is 12.2 Å². The number of hydrogen-bond acceptors (Lipinski definition) is 5. The van der Waals surface area contributed by atoms with E-state index in [1.165, 1.54) is 0 Å². The van der Waals surface area contributed by atoms with Gasteiger partial charge in [0.1, 0.15) is 5.82 Å². The molecular formula is C13H20N2O2S. The predicted octanol–water partition coefficient (Wildman–Crippen LogP) is 2.98. The van der Waals surface area contributed by atoms with Crippen LogP contribution in [0.4, 0.5) is 5.82 Å². The first-order valence-corrected chi connectivity index (χ1v) is 6.93. The number of nitrogen functional groups attached to an aromatic ring is 1. The molecule has 0 spiro atoms. The number of carbonyl (C=O) groups is 1. The lowest BCUT2D eigenvalue weighted by molar-refractivity contribution is 0.0522. The molecule has 100 valence electrons. The molecule has 0 radical (unpaired) electrons. The monoisotopic (exact) mass is 268 g/mol. The van der Waals surface area contributed by atoms with Gasteiger partial charge in [0.2, 0.25) is 0 Å². The van der Waals surface area contributed by atoms with Gasteiger partial charge in [0.25, 0.3) is 0 Å². The minimum absolute atomic E-state index is 0.333. The number of esters is 1. The zero-order chi connectivity index (χ0) is 13.7. The third-order valence-corrected chi connectivity index (χ3v) is 4.13. The number of nitrogens with two attached hydrogens (primary N) is 1. The maximum absolute atomic E-state index is 11.9. The van der Waals surface area contributed by atoms with Gasteiger partial charge in [-0.1, -0.05) is 20.8 Å². The summed E-state index contributed by atoms with van der Waals surface area (Å²) in [6.45, 7) is 8.55. The number of hydrogen-bond donors (Lipinski definition) is 1. The molecule has 0 saturated carbocycles. The van der Waals surface area contributed by atoms with Crippen LogP contribution in [0, 0.1) is 5.92 Å². The number of carbonyl (C=O) groups excluding carboxylic acids is 1. The molecule has 0 fully saturated rings. The van der Waals surface area contributed by atoms with Gasteiger partial charge in [0, 0.05) is 16.3 Å². The Morgan fingerprint density at radius 1 is 1.50 bits per heavy atom. The molecule has 0 saturated heterocycles. The average molecular weight is 268 g/mol. The predicted molar refractivity (Wildman–Crippen MR) is 74.8 cm³/mol. The van der Waals surface area contributed by atoms with Crippen molar-refractivity contribution < 1.29 is 9.53 Å². The maximum Gasteiger partial charge on any atom is 0.339 e. The van der Waals surface area contributed by atoms with Crippen LogP contribution in [0.25, 0.3) is 0 Å². The molecule has 1 heterocycles. The average Bonchev–Trinajstić information content (AvgIpc) is 2.31. The van der Waals surface area contributed by atoms with Crippen LogP contribution in [-0.4, -0.2) is 22.8 Å². The van der Waals surface area contributed by atoms with Crippen molar-refractivity contribution in [3.05, 3.63) is 17.8 Å². The standard InChI is InChI=1S/C13H20N2O2S/c1-5-17-13(16)10-6-12(14)15-7-11(10)18-9(4)8(2)3/h6-9H,5H2,1-4H3,(H2,14,15). The van der Waals surface area contributed by atoms with E-state index in [-0.39, 0.29) is 5.97 Å². The lowest BCUT2D eigenvalue weighted by atomic mass is 10.2. The number of pyridine rings is 1. The fourth-order valence-electron chi connectivity index (χ4n) is 1.26. The third kappa shape index (κ3) is 3.91. The first-order chi connectivity index (χ1) is 8.45. The number of nitrogens with zero attached hydrogens (tertiary/aromatic N) is 1. The molecular weight excluding hydrogens is 248 g/mol. The zero-order valence-electron chi connectivity index (χ0n) is 11.3. The molecule has 18 heavy (non-hydrogen) atoms. The number of ether oxygens (including phenoxy) is 1. The van der Waals surface area contributed by atoms with E-state index in [0.29, 0.717) is 29.2 Å². The van der Waals surface area contributed by atoms with E-state index < -0.39 is 0 Å². The molecule has 0 aliphatic rings. The minimum Gasteiger partial charge on any atom is -0.462 e. The summed E-state index contributed by atoms with van der Waals surface area (Å²) in [5.41, 5.74) is 6.13. The second-order valence-electron chi connectivity index (χ2n) is 4.39.